The van der Waals surface area contributed by atoms with Gasteiger partial charge in [-0.15, -0.1) is 24.0 Å². The first-order chi connectivity index (χ1) is 11.2. The van der Waals surface area contributed by atoms with Crippen LogP contribution in [0.15, 0.2) is 4.99 Å². The zero-order valence-corrected chi connectivity index (χ0v) is 17.5. The lowest BCUT2D eigenvalue weighted by Gasteiger charge is -2.31. The maximum atomic E-state index is 5.93. The van der Waals surface area contributed by atoms with Crippen molar-refractivity contribution in [1.29, 1.82) is 0 Å². The van der Waals surface area contributed by atoms with Crippen molar-refractivity contribution in [1.82, 2.24) is 10.6 Å². The Bertz CT molecular complexity index is 413. The van der Waals surface area contributed by atoms with E-state index in [-0.39, 0.29) is 24.0 Å². The molecule has 3 fully saturated rings. The molecule has 1 aliphatic carbocycles. The summed E-state index contributed by atoms with van der Waals surface area (Å²) in [6.45, 7) is 4.77. The molecule has 2 saturated heterocycles. The second-order valence-corrected chi connectivity index (χ2v) is 7.44. The van der Waals surface area contributed by atoms with Gasteiger partial charge in [-0.2, -0.15) is 0 Å². The van der Waals surface area contributed by atoms with Crippen molar-refractivity contribution >= 4 is 29.9 Å². The Morgan fingerprint density at radius 1 is 1.29 bits per heavy atom. The molecule has 2 N–H and O–H groups in total. The molecular weight excluding hydrogens is 417 g/mol. The van der Waals surface area contributed by atoms with Gasteiger partial charge >= 0.3 is 0 Å². The first-order valence-electron chi connectivity index (χ1n) is 9.45. The van der Waals surface area contributed by atoms with Gasteiger partial charge in [0.15, 0.2) is 5.96 Å². The van der Waals surface area contributed by atoms with Gasteiger partial charge in [0.05, 0.1) is 18.2 Å². The summed E-state index contributed by atoms with van der Waals surface area (Å²) in [7, 11) is 1.87. The fraction of sp³-hybridized carbons (Fsp3) is 0.944. The van der Waals surface area contributed by atoms with Crippen LogP contribution >= 0.6 is 24.0 Å². The molecule has 0 amide bonds. The number of nitrogens with one attached hydrogen (secondary N) is 2. The van der Waals surface area contributed by atoms with E-state index in [1.54, 1.807) is 0 Å². The second kappa shape index (κ2) is 9.57. The van der Waals surface area contributed by atoms with Crippen molar-refractivity contribution in [3.8, 4) is 0 Å². The molecule has 6 heteroatoms. The third kappa shape index (κ3) is 4.97. The number of aliphatic imine (C=N–C) groups is 1. The van der Waals surface area contributed by atoms with Crippen LogP contribution in [0.4, 0.5) is 0 Å². The molecular formula is C18H34IN3O2. The maximum Gasteiger partial charge on any atom is 0.191 e. The number of fused-ring (bicyclic) bond motifs is 2. The van der Waals surface area contributed by atoms with Gasteiger partial charge in [-0.1, -0.05) is 12.8 Å². The van der Waals surface area contributed by atoms with E-state index in [1.165, 1.54) is 38.5 Å². The lowest BCUT2D eigenvalue weighted by atomic mass is 9.83. The molecule has 3 rings (SSSR count). The summed E-state index contributed by atoms with van der Waals surface area (Å²) in [5.41, 5.74) is 0.387. The normalized spacial score (nSPS) is 31.1. The molecule has 5 nitrogen and oxygen atoms in total. The van der Waals surface area contributed by atoms with Crippen LogP contribution in [0.1, 0.15) is 58.3 Å². The summed E-state index contributed by atoms with van der Waals surface area (Å²) in [6.07, 6.45) is 10.9. The topological polar surface area (TPSA) is 54.9 Å². The first-order valence-corrected chi connectivity index (χ1v) is 9.45. The highest BCUT2D eigenvalue weighted by atomic mass is 127. The summed E-state index contributed by atoms with van der Waals surface area (Å²) < 4.78 is 11.5. The standard InChI is InChI=1S/C18H33N3O2.HI/c1-3-22-11-10-18(8-4-5-9-18)13-20-17(19-2)21-15-12-14-6-7-16(15)23-14;/h14-16H,3-13H2,1-2H3,(H2,19,20,21);1H. The Labute approximate surface area is 163 Å². The third-order valence-corrected chi connectivity index (χ3v) is 5.93. The van der Waals surface area contributed by atoms with Crippen molar-refractivity contribution in [2.45, 2.75) is 76.5 Å². The summed E-state index contributed by atoms with van der Waals surface area (Å²) in [6, 6.07) is 0.433. The lowest BCUT2D eigenvalue weighted by Crippen LogP contribution is -2.49. The predicted molar refractivity (Wildman–Crippen MR) is 108 cm³/mol. The van der Waals surface area contributed by atoms with E-state index in [0.29, 0.717) is 23.7 Å². The average molecular weight is 451 g/mol. The first kappa shape index (κ1) is 20.2. The van der Waals surface area contributed by atoms with Crippen LogP contribution in [0.5, 0.6) is 0 Å². The Kier molecular flexibility index (Phi) is 8.07. The molecule has 140 valence electrons. The van der Waals surface area contributed by atoms with Gasteiger partial charge in [-0.3, -0.25) is 4.99 Å². The number of nitrogens with zero attached hydrogens (tertiary/aromatic N) is 1. The van der Waals surface area contributed by atoms with Gasteiger partial charge in [-0.25, -0.2) is 0 Å². The second-order valence-electron chi connectivity index (χ2n) is 7.44. The van der Waals surface area contributed by atoms with Crippen molar-refractivity contribution in [3.05, 3.63) is 0 Å². The molecule has 0 aromatic carbocycles. The minimum absolute atomic E-state index is 0. The smallest absolute Gasteiger partial charge is 0.191 e. The fourth-order valence-electron chi connectivity index (χ4n) is 4.50. The van der Waals surface area contributed by atoms with Crippen molar-refractivity contribution < 1.29 is 9.47 Å². The highest BCUT2D eigenvalue weighted by molar-refractivity contribution is 14.0. The van der Waals surface area contributed by atoms with E-state index >= 15 is 0 Å². The largest absolute Gasteiger partial charge is 0.382 e. The minimum Gasteiger partial charge on any atom is -0.382 e. The molecule has 0 spiro atoms. The summed E-state index contributed by atoms with van der Waals surface area (Å²) in [4.78, 5) is 4.43. The predicted octanol–water partition coefficient (Wildman–Crippen LogP) is 3.08. The fourth-order valence-corrected chi connectivity index (χ4v) is 4.50. The summed E-state index contributed by atoms with van der Waals surface area (Å²) in [5.74, 6) is 0.939. The molecule has 2 heterocycles. The molecule has 0 aromatic rings. The van der Waals surface area contributed by atoms with E-state index < -0.39 is 0 Å². The number of rotatable bonds is 7. The van der Waals surface area contributed by atoms with Crippen molar-refractivity contribution in [3.63, 3.8) is 0 Å². The number of halogens is 1. The highest BCUT2D eigenvalue weighted by Gasteiger charge is 2.41. The van der Waals surface area contributed by atoms with Crippen LogP contribution in [-0.4, -0.2) is 51.0 Å². The van der Waals surface area contributed by atoms with Gasteiger partial charge in [-0.05, 0) is 50.9 Å². The molecule has 0 aromatic heterocycles. The third-order valence-electron chi connectivity index (χ3n) is 5.93. The van der Waals surface area contributed by atoms with Gasteiger partial charge < -0.3 is 20.1 Å². The maximum absolute atomic E-state index is 5.93. The Morgan fingerprint density at radius 3 is 2.67 bits per heavy atom. The van der Waals surface area contributed by atoms with Gasteiger partial charge in [0, 0.05) is 26.8 Å². The molecule has 1 saturated carbocycles. The van der Waals surface area contributed by atoms with E-state index in [9.17, 15) is 0 Å². The van der Waals surface area contributed by atoms with Gasteiger partial charge in [0.25, 0.3) is 0 Å². The molecule has 24 heavy (non-hydrogen) atoms. The van der Waals surface area contributed by atoms with E-state index in [4.69, 9.17) is 9.47 Å². The monoisotopic (exact) mass is 451 g/mol. The molecule has 2 bridgehead atoms. The van der Waals surface area contributed by atoms with Crippen LogP contribution < -0.4 is 10.6 Å². The quantitative estimate of drug-likeness (QED) is 0.271. The minimum atomic E-state index is 0. The van der Waals surface area contributed by atoms with E-state index in [2.05, 4.69) is 22.5 Å². The van der Waals surface area contributed by atoms with Crippen LogP contribution in [-0.2, 0) is 9.47 Å². The average Bonchev–Trinajstić information content (AvgIpc) is 3.29. The number of guanidine groups is 1. The van der Waals surface area contributed by atoms with Gasteiger partial charge in [0.1, 0.15) is 0 Å². The number of ether oxygens (including phenoxy) is 2. The molecule has 3 atom stereocenters. The Balaban J connectivity index is 0.00000208. The summed E-state index contributed by atoms with van der Waals surface area (Å²) >= 11 is 0. The zero-order chi connectivity index (χ0) is 16.1. The highest BCUT2D eigenvalue weighted by Crippen LogP contribution is 2.40. The molecule has 0 radical (unpaired) electrons. The van der Waals surface area contributed by atoms with Gasteiger partial charge in [0.2, 0.25) is 0 Å². The number of hydrogen-bond donors (Lipinski definition) is 2. The van der Waals surface area contributed by atoms with Crippen molar-refractivity contribution in [2.24, 2.45) is 10.4 Å². The van der Waals surface area contributed by atoms with Crippen LogP contribution in [0.3, 0.4) is 0 Å². The molecule has 3 unspecified atom stereocenters. The number of hydrogen-bond acceptors (Lipinski definition) is 3. The molecule has 3 aliphatic rings. The summed E-state index contributed by atoms with van der Waals surface area (Å²) in [5, 5.41) is 7.18. The molecule has 2 aliphatic heterocycles. The van der Waals surface area contributed by atoms with E-state index in [1.807, 2.05) is 7.05 Å². The van der Waals surface area contributed by atoms with Crippen LogP contribution in [0.2, 0.25) is 0 Å². The lowest BCUT2D eigenvalue weighted by molar-refractivity contribution is 0.0989. The van der Waals surface area contributed by atoms with Crippen LogP contribution in [0.25, 0.3) is 0 Å². The Morgan fingerprint density at radius 2 is 2.08 bits per heavy atom. The van der Waals surface area contributed by atoms with Crippen molar-refractivity contribution in [2.75, 3.05) is 26.8 Å². The van der Waals surface area contributed by atoms with Crippen LogP contribution in [0, 0.1) is 5.41 Å². The Hall–Kier alpha value is -0.0800. The zero-order valence-electron chi connectivity index (χ0n) is 15.2. The van der Waals surface area contributed by atoms with E-state index in [0.717, 1.165) is 38.6 Å². The SMILES string of the molecule is CCOCCC1(CNC(=NC)NC2CC3CCC2O3)CCCC1.I.